The van der Waals surface area contributed by atoms with E-state index in [2.05, 4.69) is 10.6 Å². The van der Waals surface area contributed by atoms with E-state index in [1.165, 1.54) is 6.92 Å². The first-order valence-electron chi connectivity index (χ1n) is 8.59. The molecule has 0 bridgehead atoms. The minimum Gasteiger partial charge on any atom is -0.480 e. The zero-order valence-electron chi connectivity index (χ0n) is 16.5. The highest BCUT2D eigenvalue weighted by atomic mass is 19.4. The van der Waals surface area contributed by atoms with Crippen molar-refractivity contribution in [3.05, 3.63) is 12.2 Å². The minimum atomic E-state index is -5.08. The van der Waals surface area contributed by atoms with Gasteiger partial charge in [-0.05, 0) is 19.3 Å². The predicted molar refractivity (Wildman–Crippen MR) is 95.2 cm³/mol. The molecule has 0 unspecified atom stereocenters. The topological polar surface area (TPSA) is 134 Å². The lowest BCUT2D eigenvalue weighted by Crippen LogP contribution is -2.58. The highest BCUT2D eigenvalue weighted by molar-refractivity contribution is 5.75. The standard InChI is InChI=1S/C15H26N2O5.C2HF3O2/c1-5-6-10-7-11(15(19)20)17-13(10)14(16-9(2)18)12(22-4)8-21-3;3-2(4,5)1(6)7/h5-6,10-14,17H,7-8H2,1-4H3,(H,16,18)(H,19,20);(H,6,7)/b6-5-;/t10-,11-,12-,13-,14+;/m1./s1. The number of rotatable bonds is 8. The van der Waals surface area contributed by atoms with Crippen LogP contribution in [0.4, 0.5) is 13.2 Å². The summed E-state index contributed by atoms with van der Waals surface area (Å²) in [5.41, 5.74) is 0. The minimum absolute atomic E-state index is 0.00236. The molecule has 29 heavy (non-hydrogen) atoms. The quantitative estimate of drug-likeness (QED) is 0.417. The molecule has 4 N–H and O–H groups in total. The van der Waals surface area contributed by atoms with E-state index < -0.39 is 24.2 Å². The molecule has 0 spiro atoms. The van der Waals surface area contributed by atoms with Crippen molar-refractivity contribution in [2.75, 3.05) is 20.8 Å². The number of allylic oxidation sites excluding steroid dienone is 1. The van der Waals surface area contributed by atoms with E-state index in [1.54, 1.807) is 14.2 Å². The molecule has 0 saturated carbocycles. The lowest BCUT2D eigenvalue weighted by atomic mass is 9.90. The van der Waals surface area contributed by atoms with Crippen LogP contribution < -0.4 is 10.6 Å². The number of carbonyl (C=O) groups is 3. The van der Waals surface area contributed by atoms with Gasteiger partial charge < -0.3 is 25.0 Å². The molecule has 0 aliphatic carbocycles. The van der Waals surface area contributed by atoms with Gasteiger partial charge in [-0.15, -0.1) is 0 Å². The predicted octanol–water partition coefficient (Wildman–Crippen LogP) is 0.793. The van der Waals surface area contributed by atoms with Crippen LogP contribution >= 0.6 is 0 Å². The van der Waals surface area contributed by atoms with Crippen molar-refractivity contribution < 1.29 is 47.2 Å². The molecule has 1 saturated heterocycles. The van der Waals surface area contributed by atoms with E-state index in [1.807, 2.05) is 19.1 Å². The summed E-state index contributed by atoms with van der Waals surface area (Å²) >= 11 is 0. The molecule has 1 heterocycles. The number of carboxylic acid groups (broad SMARTS) is 2. The highest BCUT2D eigenvalue weighted by Gasteiger charge is 2.43. The number of ether oxygens (including phenoxy) is 2. The Kier molecular flexibility index (Phi) is 11.5. The zero-order chi connectivity index (χ0) is 22.8. The van der Waals surface area contributed by atoms with Gasteiger partial charge in [0.15, 0.2) is 0 Å². The summed E-state index contributed by atoms with van der Waals surface area (Å²) in [5.74, 6) is -3.84. The van der Waals surface area contributed by atoms with E-state index in [0.717, 1.165) is 0 Å². The van der Waals surface area contributed by atoms with Gasteiger partial charge in [-0.25, -0.2) is 4.79 Å². The molecule has 1 amide bonds. The number of hydrogen-bond acceptors (Lipinski definition) is 6. The van der Waals surface area contributed by atoms with Crippen LogP contribution in [0.2, 0.25) is 0 Å². The van der Waals surface area contributed by atoms with Crippen molar-refractivity contribution >= 4 is 17.8 Å². The van der Waals surface area contributed by atoms with Crippen molar-refractivity contribution in [3.63, 3.8) is 0 Å². The molecule has 168 valence electrons. The molecule has 0 aromatic heterocycles. The van der Waals surface area contributed by atoms with Gasteiger partial charge in [-0.1, -0.05) is 12.2 Å². The third-order valence-corrected chi connectivity index (χ3v) is 4.13. The fraction of sp³-hybridized carbons (Fsp3) is 0.706. The van der Waals surface area contributed by atoms with Crippen LogP contribution in [0.15, 0.2) is 12.2 Å². The van der Waals surface area contributed by atoms with Gasteiger partial charge in [0.1, 0.15) is 12.1 Å². The maximum Gasteiger partial charge on any atom is 0.490 e. The average Bonchev–Trinajstić information content (AvgIpc) is 3.02. The number of hydrogen-bond donors (Lipinski definition) is 4. The number of alkyl halides is 3. The zero-order valence-corrected chi connectivity index (χ0v) is 16.5. The molecule has 1 aliphatic rings. The summed E-state index contributed by atoms with van der Waals surface area (Å²) < 4.78 is 42.3. The van der Waals surface area contributed by atoms with Crippen molar-refractivity contribution in [2.24, 2.45) is 5.92 Å². The monoisotopic (exact) mass is 428 g/mol. The number of nitrogens with one attached hydrogen (secondary N) is 2. The molecule has 0 radical (unpaired) electrons. The van der Waals surface area contributed by atoms with E-state index >= 15 is 0 Å². The van der Waals surface area contributed by atoms with Gasteiger partial charge >= 0.3 is 18.1 Å². The van der Waals surface area contributed by atoms with Crippen molar-refractivity contribution in [1.82, 2.24) is 10.6 Å². The van der Waals surface area contributed by atoms with Crippen molar-refractivity contribution in [3.8, 4) is 0 Å². The number of halogens is 3. The number of carbonyl (C=O) groups excluding carboxylic acids is 1. The van der Waals surface area contributed by atoms with Crippen LogP contribution in [0.3, 0.4) is 0 Å². The maximum absolute atomic E-state index is 11.5. The van der Waals surface area contributed by atoms with Crippen LogP contribution in [-0.4, -0.2) is 79.3 Å². The number of aliphatic carboxylic acids is 2. The van der Waals surface area contributed by atoms with Gasteiger partial charge in [-0.2, -0.15) is 13.2 Å². The summed E-state index contributed by atoms with van der Waals surface area (Å²) in [6, 6.07) is -1.25. The third kappa shape index (κ3) is 9.24. The molecule has 1 aliphatic heterocycles. The van der Waals surface area contributed by atoms with Gasteiger partial charge in [0, 0.05) is 27.2 Å². The molecule has 1 fully saturated rings. The van der Waals surface area contributed by atoms with Gasteiger partial charge in [0.05, 0.1) is 12.6 Å². The summed E-state index contributed by atoms with van der Waals surface area (Å²) in [4.78, 5) is 31.7. The number of amides is 1. The Morgan fingerprint density at radius 1 is 1.28 bits per heavy atom. The lowest BCUT2D eigenvalue weighted by Gasteiger charge is -2.33. The van der Waals surface area contributed by atoms with E-state index in [9.17, 15) is 27.9 Å². The van der Waals surface area contributed by atoms with Crippen LogP contribution in [-0.2, 0) is 23.9 Å². The maximum atomic E-state index is 11.5. The Bertz CT molecular complexity index is 584. The molecule has 12 heteroatoms. The molecule has 0 aromatic rings. The SMILES string of the molecule is C/C=C\[C@@H]1C[C@H](C(=O)O)N[C@H]1[C@@H](NC(C)=O)[C@@H](COC)OC.O=C(O)C(F)(F)F. The Labute approximate surface area is 166 Å². The molecule has 9 nitrogen and oxygen atoms in total. The fourth-order valence-electron chi connectivity index (χ4n) is 2.96. The molecule has 1 rings (SSSR count). The number of carboxylic acids is 2. The van der Waals surface area contributed by atoms with E-state index in [4.69, 9.17) is 19.4 Å². The third-order valence-electron chi connectivity index (χ3n) is 4.13. The smallest absolute Gasteiger partial charge is 0.480 e. The second kappa shape index (κ2) is 12.4. The van der Waals surface area contributed by atoms with Gasteiger partial charge in [0.25, 0.3) is 0 Å². The Morgan fingerprint density at radius 3 is 2.17 bits per heavy atom. The van der Waals surface area contributed by atoms with Crippen LogP contribution in [0.5, 0.6) is 0 Å². The first kappa shape index (κ1) is 26.8. The summed E-state index contributed by atoms with van der Waals surface area (Å²) in [6.07, 6.45) is -1.11. The van der Waals surface area contributed by atoms with Crippen LogP contribution in [0.1, 0.15) is 20.3 Å². The fourth-order valence-corrected chi connectivity index (χ4v) is 2.96. The normalized spacial score (nSPS) is 23.8. The molecule has 0 aromatic carbocycles. The Hall–Kier alpha value is -2.18. The first-order chi connectivity index (χ1) is 13.4. The Balaban J connectivity index is 0.000000956. The van der Waals surface area contributed by atoms with E-state index in [0.29, 0.717) is 13.0 Å². The van der Waals surface area contributed by atoms with Gasteiger partial charge in [0.2, 0.25) is 5.91 Å². The summed E-state index contributed by atoms with van der Waals surface area (Å²) in [6.45, 7) is 3.63. The molecular formula is C17H27F3N2O7. The van der Waals surface area contributed by atoms with Crippen LogP contribution in [0, 0.1) is 5.92 Å². The van der Waals surface area contributed by atoms with Gasteiger partial charge in [-0.3, -0.25) is 14.9 Å². The highest BCUT2D eigenvalue weighted by Crippen LogP contribution is 2.26. The molecule has 5 atom stereocenters. The summed E-state index contributed by atoms with van der Waals surface area (Å²) in [7, 11) is 3.11. The second-order valence-electron chi connectivity index (χ2n) is 6.27. The average molecular weight is 428 g/mol. The van der Waals surface area contributed by atoms with Crippen molar-refractivity contribution in [2.45, 2.75) is 50.7 Å². The first-order valence-corrected chi connectivity index (χ1v) is 8.59. The van der Waals surface area contributed by atoms with E-state index in [-0.39, 0.29) is 30.0 Å². The van der Waals surface area contributed by atoms with Crippen molar-refractivity contribution in [1.29, 1.82) is 0 Å². The van der Waals surface area contributed by atoms with Crippen LogP contribution in [0.25, 0.3) is 0 Å². The lowest BCUT2D eigenvalue weighted by molar-refractivity contribution is -0.192. The number of methoxy groups -OCH3 is 2. The largest absolute Gasteiger partial charge is 0.490 e. The molecular weight excluding hydrogens is 401 g/mol. The summed E-state index contributed by atoms with van der Waals surface area (Å²) in [5, 5.41) is 22.4. The second-order valence-corrected chi connectivity index (χ2v) is 6.27. The Morgan fingerprint density at radius 2 is 1.83 bits per heavy atom.